The summed E-state index contributed by atoms with van der Waals surface area (Å²) in [5.41, 5.74) is 1.96. The number of halogens is 2. The fraction of sp³-hybridized carbons (Fsp3) is 0.462. The molecule has 0 saturated heterocycles. The van der Waals surface area contributed by atoms with Crippen LogP contribution in [-0.4, -0.2) is 50.0 Å². The van der Waals surface area contributed by atoms with Crippen LogP contribution in [0.4, 0.5) is 5.69 Å². The first kappa shape index (κ1) is 28.3. The Morgan fingerprint density at radius 3 is 2.28 bits per heavy atom. The molecular weight excluding hydrogens is 521 g/mol. The summed E-state index contributed by atoms with van der Waals surface area (Å²) in [4.78, 5) is 28.5. The van der Waals surface area contributed by atoms with E-state index in [-0.39, 0.29) is 18.5 Å². The molecule has 0 radical (unpaired) electrons. The van der Waals surface area contributed by atoms with Gasteiger partial charge in [-0.05, 0) is 56.0 Å². The number of hydrogen-bond acceptors (Lipinski definition) is 4. The molecule has 3 rings (SSSR count). The van der Waals surface area contributed by atoms with E-state index in [0.717, 1.165) is 41.8 Å². The minimum atomic E-state index is -3.78. The molecule has 0 bridgehead atoms. The number of carbonyl (C=O) groups is 2. The van der Waals surface area contributed by atoms with Gasteiger partial charge in [-0.2, -0.15) is 0 Å². The summed E-state index contributed by atoms with van der Waals surface area (Å²) in [7, 11) is -3.78. The predicted molar refractivity (Wildman–Crippen MR) is 145 cm³/mol. The van der Waals surface area contributed by atoms with Crippen molar-refractivity contribution >= 4 is 50.7 Å². The van der Waals surface area contributed by atoms with Crippen LogP contribution in [0.25, 0.3) is 0 Å². The van der Waals surface area contributed by atoms with Crippen LogP contribution in [0.3, 0.4) is 0 Å². The number of carbonyl (C=O) groups excluding carboxylic acids is 2. The Morgan fingerprint density at radius 2 is 1.72 bits per heavy atom. The van der Waals surface area contributed by atoms with Crippen LogP contribution in [-0.2, 0) is 26.2 Å². The fourth-order valence-electron chi connectivity index (χ4n) is 4.45. The van der Waals surface area contributed by atoms with Crippen LogP contribution in [0.5, 0.6) is 0 Å². The number of nitrogens with zero attached hydrogens (tertiary/aromatic N) is 2. The lowest BCUT2D eigenvalue weighted by molar-refractivity contribution is -0.140. The number of nitrogens with one attached hydrogen (secondary N) is 1. The van der Waals surface area contributed by atoms with E-state index in [9.17, 15) is 18.0 Å². The molecule has 0 spiro atoms. The van der Waals surface area contributed by atoms with E-state index < -0.39 is 28.5 Å². The SMILES string of the molecule is CCC(C(=O)NC1CCCC1)N(Cc1ccc(Cl)cc1Cl)C(=O)CN(c1ccc(C)cc1)S(C)(=O)=O. The smallest absolute Gasteiger partial charge is 0.244 e. The molecule has 1 aliphatic carbocycles. The topological polar surface area (TPSA) is 86.8 Å². The maximum Gasteiger partial charge on any atom is 0.244 e. The number of aryl methyl sites for hydroxylation is 1. The van der Waals surface area contributed by atoms with Crippen LogP contribution < -0.4 is 9.62 Å². The molecule has 2 aromatic carbocycles. The normalized spacial score (nSPS) is 14.9. The molecule has 0 aromatic heterocycles. The Morgan fingerprint density at radius 1 is 1.08 bits per heavy atom. The minimum absolute atomic E-state index is 0.0386. The molecule has 1 aliphatic rings. The molecule has 1 N–H and O–H groups in total. The van der Waals surface area contributed by atoms with E-state index in [0.29, 0.717) is 27.7 Å². The van der Waals surface area contributed by atoms with Gasteiger partial charge in [0.15, 0.2) is 0 Å². The third-order valence-electron chi connectivity index (χ3n) is 6.44. The van der Waals surface area contributed by atoms with Gasteiger partial charge in [0.1, 0.15) is 12.6 Å². The van der Waals surface area contributed by atoms with Crippen molar-refractivity contribution in [3.8, 4) is 0 Å². The van der Waals surface area contributed by atoms with Gasteiger partial charge in [0.05, 0.1) is 11.9 Å². The fourth-order valence-corrected chi connectivity index (χ4v) is 5.76. The lowest BCUT2D eigenvalue weighted by Gasteiger charge is -2.33. The Labute approximate surface area is 223 Å². The Hall–Kier alpha value is -2.29. The van der Waals surface area contributed by atoms with Crippen LogP contribution in [0.2, 0.25) is 10.0 Å². The van der Waals surface area contributed by atoms with Gasteiger partial charge in [-0.15, -0.1) is 0 Å². The van der Waals surface area contributed by atoms with Gasteiger partial charge in [0.25, 0.3) is 0 Å². The van der Waals surface area contributed by atoms with Gasteiger partial charge in [-0.25, -0.2) is 8.42 Å². The second-order valence-corrected chi connectivity index (χ2v) is 12.0. The van der Waals surface area contributed by atoms with Crippen LogP contribution >= 0.6 is 23.2 Å². The monoisotopic (exact) mass is 553 g/mol. The van der Waals surface area contributed by atoms with E-state index in [2.05, 4.69) is 5.32 Å². The Bertz CT molecular complexity index is 1180. The number of sulfonamides is 1. The van der Waals surface area contributed by atoms with Gasteiger partial charge >= 0.3 is 0 Å². The molecule has 1 atom stereocenters. The predicted octanol–water partition coefficient (Wildman–Crippen LogP) is 4.93. The van der Waals surface area contributed by atoms with E-state index in [1.54, 1.807) is 42.5 Å². The first-order valence-corrected chi connectivity index (χ1v) is 14.7. The van der Waals surface area contributed by atoms with Gasteiger partial charge in [0.2, 0.25) is 21.8 Å². The van der Waals surface area contributed by atoms with Crippen molar-refractivity contribution < 1.29 is 18.0 Å². The molecule has 196 valence electrons. The summed E-state index contributed by atoms with van der Waals surface area (Å²) >= 11 is 12.4. The Balaban J connectivity index is 1.94. The highest BCUT2D eigenvalue weighted by Crippen LogP contribution is 2.25. The molecule has 10 heteroatoms. The third-order valence-corrected chi connectivity index (χ3v) is 8.17. The van der Waals surface area contributed by atoms with E-state index >= 15 is 0 Å². The molecule has 1 unspecified atom stereocenters. The maximum absolute atomic E-state index is 13.7. The van der Waals surface area contributed by atoms with E-state index in [4.69, 9.17) is 23.2 Å². The highest BCUT2D eigenvalue weighted by molar-refractivity contribution is 7.92. The average Bonchev–Trinajstić information content (AvgIpc) is 3.31. The maximum atomic E-state index is 13.7. The van der Waals surface area contributed by atoms with E-state index in [1.807, 2.05) is 13.8 Å². The lowest BCUT2D eigenvalue weighted by atomic mass is 10.1. The molecule has 1 saturated carbocycles. The largest absolute Gasteiger partial charge is 0.352 e. The zero-order chi connectivity index (χ0) is 26.5. The first-order chi connectivity index (χ1) is 17.0. The van der Waals surface area contributed by atoms with Crippen LogP contribution in [0.1, 0.15) is 50.2 Å². The summed E-state index contributed by atoms with van der Waals surface area (Å²) in [5.74, 6) is -0.746. The van der Waals surface area contributed by atoms with Crippen molar-refractivity contribution in [3.05, 3.63) is 63.6 Å². The number of amides is 2. The first-order valence-electron chi connectivity index (χ1n) is 12.1. The van der Waals surface area contributed by atoms with Gasteiger partial charge < -0.3 is 10.2 Å². The summed E-state index contributed by atoms with van der Waals surface area (Å²) in [6.07, 6.45) is 5.36. The number of anilines is 1. The molecule has 0 heterocycles. The minimum Gasteiger partial charge on any atom is -0.352 e. The van der Waals surface area contributed by atoms with Crippen molar-refractivity contribution in [1.82, 2.24) is 10.2 Å². The quantitative estimate of drug-likeness (QED) is 0.451. The summed E-state index contributed by atoms with van der Waals surface area (Å²) in [6, 6.07) is 11.1. The van der Waals surface area contributed by atoms with Crippen molar-refractivity contribution in [1.29, 1.82) is 0 Å². The summed E-state index contributed by atoms with van der Waals surface area (Å²) in [6.45, 7) is 3.32. The highest BCUT2D eigenvalue weighted by atomic mass is 35.5. The molecule has 2 aromatic rings. The molecular formula is C26H33Cl2N3O4S. The zero-order valence-electron chi connectivity index (χ0n) is 20.8. The van der Waals surface area contributed by atoms with Crippen molar-refractivity contribution in [2.45, 2.75) is 64.6 Å². The molecule has 2 amide bonds. The standard InChI is InChI=1S/C26H33Cl2N3O4S/c1-4-24(26(33)29-21-7-5-6-8-21)30(16-19-11-12-20(27)15-23(19)28)25(32)17-31(36(3,34)35)22-13-9-18(2)10-14-22/h9-15,21,24H,4-8,16-17H2,1-3H3,(H,29,33). The van der Waals surface area contributed by atoms with Crippen LogP contribution in [0, 0.1) is 6.92 Å². The number of benzene rings is 2. The Kier molecular flexibility index (Phi) is 9.66. The molecule has 36 heavy (non-hydrogen) atoms. The second kappa shape index (κ2) is 12.3. The van der Waals surface area contributed by atoms with Crippen LogP contribution in [0.15, 0.2) is 42.5 Å². The number of rotatable bonds is 10. The van der Waals surface area contributed by atoms with Crippen molar-refractivity contribution in [2.75, 3.05) is 17.1 Å². The number of hydrogen-bond donors (Lipinski definition) is 1. The second-order valence-electron chi connectivity index (χ2n) is 9.28. The van der Waals surface area contributed by atoms with Gasteiger partial charge in [0, 0.05) is 22.6 Å². The summed E-state index contributed by atoms with van der Waals surface area (Å²) in [5, 5.41) is 3.90. The van der Waals surface area contributed by atoms with Gasteiger partial charge in [-0.3, -0.25) is 13.9 Å². The molecule has 7 nitrogen and oxygen atoms in total. The lowest BCUT2D eigenvalue weighted by Crippen LogP contribution is -2.53. The summed E-state index contributed by atoms with van der Waals surface area (Å²) < 4.78 is 26.4. The zero-order valence-corrected chi connectivity index (χ0v) is 23.2. The molecule has 1 fully saturated rings. The average molecular weight is 555 g/mol. The molecule has 0 aliphatic heterocycles. The third kappa shape index (κ3) is 7.37. The van der Waals surface area contributed by atoms with E-state index in [1.165, 1.54) is 4.90 Å². The van der Waals surface area contributed by atoms with Gasteiger partial charge in [-0.1, -0.05) is 66.7 Å². The van der Waals surface area contributed by atoms with Crippen molar-refractivity contribution in [2.24, 2.45) is 0 Å². The van der Waals surface area contributed by atoms with Crippen molar-refractivity contribution in [3.63, 3.8) is 0 Å². The highest BCUT2D eigenvalue weighted by Gasteiger charge is 2.33.